The van der Waals surface area contributed by atoms with Crippen LogP contribution in [0.5, 0.6) is 0 Å². The molecule has 6 nitrogen and oxygen atoms in total. The lowest BCUT2D eigenvalue weighted by Crippen LogP contribution is -2.41. The van der Waals surface area contributed by atoms with Crippen LogP contribution in [0.15, 0.2) is 24.3 Å². The number of carbonyl (C=O) groups excluding carboxylic acids is 1. The molecule has 1 aliphatic heterocycles. The van der Waals surface area contributed by atoms with Crippen LogP contribution in [0.3, 0.4) is 0 Å². The minimum atomic E-state index is -0.892. The molecule has 1 aliphatic rings. The van der Waals surface area contributed by atoms with Crippen molar-refractivity contribution in [3.8, 4) is 0 Å². The summed E-state index contributed by atoms with van der Waals surface area (Å²) in [4.78, 5) is 26.1. The highest BCUT2D eigenvalue weighted by atomic mass is 16.4. The van der Waals surface area contributed by atoms with E-state index in [-0.39, 0.29) is 18.9 Å². The van der Waals surface area contributed by atoms with E-state index < -0.39 is 11.9 Å². The minimum absolute atomic E-state index is 0.0531. The Bertz CT molecular complexity index is 825. The average Bonchev–Trinajstić information content (AvgIpc) is 2.88. The molecule has 3 rings (SSSR count). The average molecular weight is 341 g/mol. The molecule has 0 saturated heterocycles. The summed E-state index contributed by atoms with van der Waals surface area (Å²) in [5.74, 6) is -1.62. The number of carbonyl (C=O) groups is 2. The third kappa shape index (κ3) is 3.16. The molecular weight excluding hydrogens is 318 g/mol. The number of hydrogen-bond donors (Lipinski definition) is 1. The van der Waals surface area contributed by atoms with Gasteiger partial charge in [-0.1, -0.05) is 24.3 Å². The predicted molar refractivity (Wildman–Crippen MR) is 93.3 cm³/mol. The summed E-state index contributed by atoms with van der Waals surface area (Å²) in [5, 5.41) is 14.0. The molecule has 1 aromatic carbocycles. The van der Waals surface area contributed by atoms with Gasteiger partial charge in [0.1, 0.15) is 0 Å². The summed E-state index contributed by atoms with van der Waals surface area (Å²) in [6.45, 7) is 7.33. The van der Waals surface area contributed by atoms with Gasteiger partial charge in [-0.15, -0.1) is 0 Å². The van der Waals surface area contributed by atoms with Crippen LogP contribution in [-0.2, 0) is 29.1 Å². The Morgan fingerprint density at radius 1 is 1.28 bits per heavy atom. The molecule has 0 radical (unpaired) electrons. The van der Waals surface area contributed by atoms with Gasteiger partial charge >= 0.3 is 5.97 Å². The number of aliphatic carboxylic acids is 1. The largest absolute Gasteiger partial charge is 0.481 e. The summed E-state index contributed by atoms with van der Waals surface area (Å²) in [6.07, 6.45) is 0.256. The highest BCUT2D eigenvalue weighted by Gasteiger charge is 2.32. The van der Waals surface area contributed by atoms with Crippen LogP contribution < -0.4 is 0 Å². The monoisotopic (exact) mass is 341 g/mol. The zero-order chi connectivity index (χ0) is 18.1. The lowest BCUT2D eigenvalue weighted by Gasteiger charge is -2.33. The van der Waals surface area contributed by atoms with Gasteiger partial charge in [-0.2, -0.15) is 5.10 Å². The van der Waals surface area contributed by atoms with Crippen LogP contribution in [0.1, 0.15) is 40.9 Å². The van der Waals surface area contributed by atoms with Gasteiger partial charge in [-0.05, 0) is 31.9 Å². The molecular formula is C19H23N3O3. The standard InChI is InChI=1S/C19H23N3O3/c1-4-22-13(3)16(12(2)20-22)9-18(23)21-10-14-7-5-6-8-15(14)17(11-21)19(24)25/h5-8,17H,4,9-11H2,1-3H3,(H,24,25). The lowest BCUT2D eigenvalue weighted by atomic mass is 9.89. The highest BCUT2D eigenvalue weighted by molar-refractivity contribution is 5.83. The normalized spacial score (nSPS) is 16.6. The van der Waals surface area contributed by atoms with Crippen LogP contribution >= 0.6 is 0 Å². The van der Waals surface area contributed by atoms with Crippen molar-refractivity contribution in [2.75, 3.05) is 6.54 Å². The van der Waals surface area contributed by atoms with E-state index in [1.54, 1.807) is 4.90 Å². The van der Waals surface area contributed by atoms with E-state index in [1.165, 1.54) is 0 Å². The first-order valence-corrected chi connectivity index (χ1v) is 8.53. The van der Waals surface area contributed by atoms with E-state index in [2.05, 4.69) is 5.10 Å². The molecule has 1 atom stereocenters. The molecule has 1 unspecified atom stereocenters. The van der Waals surface area contributed by atoms with Crippen molar-refractivity contribution < 1.29 is 14.7 Å². The zero-order valence-corrected chi connectivity index (χ0v) is 14.8. The Kier molecular flexibility index (Phi) is 4.61. The molecule has 2 heterocycles. The number of carboxylic acid groups (broad SMARTS) is 1. The van der Waals surface area contributed by atoms with E-state index in [1.807, 2.05) is 49.7 Å². The number of aromatic nitrogens is 2. The Balaban J connectivity index is 1.84. The second-order valence-corrected chi connectivity index (χ2v) is 6.51. The number of aryl methyl sites for hydroxylation is 2. The molecule has 0 bridgehead atoms. The number of benzene rings is 1. The van der Waals surface area contributed by atoms with E-state index in [0.29, 0.717) is 6.54 Å². The fourth-order valence-electron chi connectivity index (χ4n) is 3.57. The number of amides is 1. The van der Waals surface area contributed by atoms with Crippen molar-refractivity contribution >= 4 is 11.9 Å². The highest BCUT2D eigenvalue weighted by Crippen LogP contribution is 2.29. The third-order valence-corrected chi connectivity index (χ3v) is 5.00. The summed E-state index contributed by atoms with van der Waals surface area (Å²) >= 11 is 0. The van der Waals surface area contributed by atoms with E-state index in [4.69, 9.17) is 0 Å². The van der Waals surface area contributed by atoms with Crippen LogP contribution in [0, 0.1) is 13.8 Å². The Hall–Kier alpha value is -2.63. The number of fused-ring (bicyclic) bond motifs is 1. The summed E-state index contributed by atoms with van der Waals surface area (Å²) in [6, 6.07) is 7.47. The second kappa shape index (κ2) is 6.70. The molecule has 6 heteroatoms. The van der Waals surface area contributed by atoms with Crippen molar-refractivity contribution in [2.24, 2.45) is 0 Å². The molecule has 0 spiro atoms. The number of rotatable bonds is 4. The summed E-state index contributed by atoms with van der Waals surface area (Å²) < 4.78 is 1.89. The van der Waals surface area contributed by atoms with E-state index in [0.717, 1.165) is 34.6 Å². The van der Waals surface area contributed by atoms with Gasteiger partial charge in [0.25, 0.3) is 0 Å². The van der Waals surface area contributed by atoms with Crippen molar-refractivity contribution in [1.29, 1.82) is 0 Å². The maximum absolute atomic E-state index is 12.8. The van der Waals surface area contributed by atoms with Crippen molar-refractivity contribution in [3.05, 3.63) is 52.3 Å². The van der Waals surface area contributed by atoms with Gasteiger partial charge in [-0.25, -0.2) is 0 Å². The molecule has 1 aromatic heterocycles. The Morgan fingerprint density at radius 3 is 2.64 bits per heavy atom. The summed E-state index contributed by atoms with van der Waals surface area (Å²) in [7, 11) is 0. The van der Waals surface area contributed by atoms with Gasteiger partial charge in [0, 0.05) is 30.9 Å². The fraction of sp³-hybridized carbons (Fsp3) is 0.421. The quantitative estimate of drug-likeness (QED) is 0.926. The van der Waals surface area contributed by atoms with Crippen molar-refractivity contribution in [2.45, 2.75) is 46.2 Å². The van der Waals surface area contributed by atoms with Crippen LogP contribution in [0.2, 0.25) is 0 Å². The fourth-order valence-corrected chi connectivity index (χ4v) is 3.57. The second-order valence-electron chi connectivity index (χ2n) is 6.51. The molecule has 0 aliphatic carbocycles. The van der Waals surface area contributed by atoms with Gasteiger partial charge < -0.3 is 10.0 Å². The summed E-state index contributed by atoms with van der Waals surface area (Å²) in [5.41, 5.74) is 4.52. The molecule has 1 N–H and O–H groups in total. The molecule has 1 amide bonds. The van der Waals surface area contributed by atoms with Gasteiger partial charge in [0.2, 0.25) is 5.91 Å². The lowest BCUT2D eigenvalue weighted by molar-refractivity contribution is -0.141. The van der Waals surface area contributed by atoms with Crippen molar-refractivity contribution in [3.63, 3.8) is 0 Å². The third-order valence-electron chi connectivity index (χ3n) is 5.00. The SMILES string of the molecule is CCn1nc(C)c(CC(=O)N2Cc3ccccc3C(C(=O)O)C2)c1C. The topological polar surface area (TPSA) is 75.4 Å². The van der Waals surface area contributed by atoms with Gasteiger partial charge in [-0.3, -0.25) is 14.3 Å². The van der Waals surface area contributed by atoms with E-state index >= 15 is 0 Å². The van der Waals surface area contributed by atoms with E-state index in [9.17, 15) is 14.7 Å². The first-order chi connectivity index (χ1) is 11.9. The maximum atomic E-state index is 12.8. The van der Waals surface area contributed by atoms with Gasteiger partial charge in [0.15, 0.2) is 0 Å². The van der Waals surface area contributed by atoms with Crippen LogP contribution in [-0.4, -0.2) is 38.2 Å². The smallest absolute Gasteiger partial charge is 0.312 e. The first kappa shape index (κ1) is 17.2. The minimum Gasteiger partial charge on any atom is -0.481 e. The Labute approximate surface area is 147 Å². The molecule has 0 fully saturated rings. The van der Waals surface area contributed by atoms with Gasteiger partial charge in [0.05, 0.1) is 18.0 Å². The number of nitrogens with zero attached hydrogens (tertiary/aromatic N) is 3. The Morgan fingerprint density at radius 2 is 2.00 bits per heavy atom. The zero-order valence-electron chi connectivity index (χ0n) is 14.8. The number of hydrogen-bond acceptors (Lipinski definition) is 3. The van der Waals surface area contributed by atoms with Crippen molar-refractivity contribution in [1.82, 2.24) is 14.7 Å². The van der Waals surface area contributed by atoms with Crippen LogP contribution in [0.25, 0.3) is 0 Å². The number of carboxylic acids is 1. The maximum Gasteiger partial charge on any atom is 0.312 e. The molecule has 0 saturated carbocycles. The molecule has 132 valence electrons. The molecule has 25 heavy (non-hydrogen) atoms. The molecule has 2 aromatic rings. The first-order valence-electron chi connectivity index (χ1n) is 8.53. The van der Waals surface area contributed by atoms with Crippen LogP contribution in [0.4, 0.5) is 0 Å². The predicted octanol–water partition coefficient (Wildman–Crippen LogP) is 2.27.